The summed E-state index contributed by atoms with van der Waals surface area (Å²) in [5.41, 5.74) is 1.19. The van der Waals surface area contributed by atoms with Crippen molar-refractivity contribution in [1.82, 2.24) is 15.1 Å². The molecule has 1 aromatic carbocycles. The summed E-state index contributed by atoms with van der Waals surface area (Å²) in [5, 5.41) is 16.3. The van der Waals surface area contributed by atoms with Crippen LogP contribution >= 0.6 is 0 Å². The number of rotatable bonds is 6. The van der Waals surface area contributed by atoms with Crippen LogP contribution in [0.3, 0.4) is 0 Å². The third-order valence-electron chi connectivity index (χ3n) is 4.45. The van der Waals surface area contributed by atoms with Crippen LogP contribution in [0.1, 0.15) is 43.2 Å². The summed E-state index contributed by atoms with van der Waals surface area (Å²) in [6.07, 6.45) is 1.38. The number of carbonyl (C=O) groups excluding carboxylic acids is 1. The zero-order valence-electron chi connectivity index (χ0n) is 14.4. The predicted molar refractivity (Wildman–Crippen MR) is 91.3 cm³/mol. The fraction of sp³-hybridized carbons (Fsp3) is 0.389. The summed E-state index contributed by atoms with van der Waals surface area (Å²) in [6.45, 7) is 7.35. The van der Waals surface area contributed by atoms with E-state index in [0.29, 0.717) is 11.3 Å². The first kappa shape index (κ1) is 17.7. The van der Waals surface area contributed by atoms with Crippen LogP contribution in [-0.2, 0) is 4.79 Å². The molecule has 1 unspecified atom stereocenters. The number of carboxylic acid groups (broad SMARTS) is 1. The molecule has 0 aliphatic carbocycles. The van der Waals surface area contributed by atoms with Crippen LogP contribution in [0.4, 0.5) is 0 Å². The van der Waals surface area contributed by atoms with Crippen molar-refractivity contribution in [2.75, 3.05) is 0 Å². The van der Waals surface area contributed by atoms with Crippen molar-refractivity contribution >= 4 is 11.9 Å². The number of nitrogens with one attached hydrogen (secondary N) is 1. The van der Waals surface area contributed by atoms with Gasteiger partial charge in [0.05, 0.1) is 35.1 Å². The molecular weight excluding hydrogens is 306 g/mol. The molecule has 0 spiro atoms. The first-order chi connectivity index (χ1) is 11.2. The summed E-state index contributed by atoms with van der Waals surface area (Å²) in [4.78, 5) is 23.8. The topological polar surface area (TPSA) is 84.2 Å². The van der Waals surface area contributed by atoms with Gasteiger partial charge in [-0.15, -0.1) is 0 Å². The fourth-order valence-electron chi connectivity index (χ4n) is 2.50. The van der Waals surface area contributed by atoms with E-state index in [1.54, 1.807) is 11.6 Å². The second-order valence-corrected chi connectivity index (χ2v) is 6.49. The molecule has 0 saturated carbocycles. The SMILES string of the molecule is Cc1c(C(=O)NC(C)(CC(=O)O)C(C)C)cnn1-c1ccccc1. The molecule has 1 atom stereocenters. The van der Waals surface area contributed by atoms with Gasteiger partial charge in [0.15, 0.2) is 0 Å². The maximum absolute atomic E-state index is 12.7. The molecule has 6 heteroatoms. The normalized spacial score (nSPS) is 13.5. The first-order valence-corrected chi connectivity index (χ1v) is 7.89. The number of benzene rings is 1. The highest BCUT2D eigenvalue weighted by Crippen LogP contribution is 2.22. The van der Waals surface area contributed by atoms with E-state index in [0.717, 1.165) is 5.69 Å². The number of nitrogens with zero attached hydrogens (tertiary/aromatic N) is 2. The number of aliphatic carboxylic acids is 1. The average molecular weight is 329 g/mol. The van der Waals surface area contributed by atoms with Gasteiger partial charge in [0.1, 0.15) is 0 Å². The van der Waals surface area contributed by atoms with Crippen LogP contribution in [0, 0.1) is 12.8 Å². The van der Waals surface area contributed by atoms with Gasteiger partial charge in [-0.25, -0.2) is 4.68 Å². The van der Waals surface area contributed by atoms with Crippen molar-refractivity contribution in [3.05, 3.63) is 47.8 Å². The molecule has 0 aliphatic heterocycles. The summed E-state index contributed by atoms with van der Waals surface area (Å²) in [5.74, 6) is -1.28. The van der Waals surface area contributed by atoms with Crippen molar-refractivity contribution in [2.24, 2.45) is 5.92 Å². The highest BCUT2D eigenvalue weighted by atomic mass is 16.4. The van der Waals surface area contributed by atoms with E-state index in [2.05, 4.69) is 10.4 Å². The third kappa shape index (κ3) is 3.64. The molecule has 2 aromatic rings. The monoisotopic (exact) mass is 329 g/mol. The van der Waals surface area contributed by atoms with Gasteiger partial charge in [-0.3, -0.25) is 9.59 Å². The van der Waals surface area contributed by atoms with E-state index in [4.69, 9.17) is 5.11 Å². The van der Waals surface area contributed by atoms with Crippen LogP contribution in [0.2, 0.25) is 0 Å². The van der Waals surface area contributed by atoms with E-state index < -0.39 is 11.5 Å². The van der Waals surface area contributed by atoms with Crippen LogP contribution in [0.25, 0.3) is 5.69 Å². The lowest BCUT2D eigenvalue weighted by Crippen LogP contribution is -2.51. The van der Waals surface area contributed by atoms with Crippen LogP contribution < -0.4 is 5.32 Å². The Balaban J connectivity index is 2.27. The number of para-hydroxylation sites is 1. The molecule has 0 fully saturated rings. The lowest BCUT2D eigenvalue weighted by molar-refractivity contribution is -0.138. The van der Waals surface area contributed by atoms with Crippen molar-refractivity contribution in [1.29, 1.82) is 0 Å². The molecule has 2 N–H and O–H groups in total. The second-order valence-electron chi connectivity index (χ2n) is 6.49. The standard InChI is InChI=1S/C18H23N3O3/c1-12(2)18(4,10-16(22)23)20-17(24)15-11-19-21(13(15)3)14-8-6-5-7-9-14/h5-9,11-12H,10H2,1-4H3,(H,20,24)(H,22,23). The molecule has 1 heterocycles. The Kier molecular flexibility index (Phi) is 5.07. The Bertz CT molecular complexity index is 737. The van der Waals surface area contributed by atoms with Gasteiger partial charge in [0.25, 0.3) is 5.91 Å². The number of hydrogen-bond donors (Lipinski definition) is 2. The van der Waals surface area contributed by atoms with Gasteiger partial charge in [-0.05, 0) is 31.9 Å². The highest BCUT2D eigenvalue weighted by molar-refractivity contribution is 5.96. The number of amides is 1. The van der Waals surface area contributed by atoms with Crippen molar-refractivity contribution in [3.63, 3.8) is 0 Å². The van der Waals surface area contributed by atoms with Gasteiger partial charge < -0.3 is 10.4 Å². The number of aromatic nitrogens is 2. The van der Waals surface area contributed by atoms with Gasteiger partial charge >= 0.3 is 5.97 Å². The lowest BCUT2D eigenvalue weighted by atomic mass is 9.85. The molecule has 24 heavy (non-hydrogen) atoms. The Hall–Kier alpha value is -2.63. The highest BCUT2D eigenvalue weighted by Gasteiger charge is 2.33. The molecule has 0 bridgehead atoms. The van der Waals surface area contributed by atoms with E-state index >= 15 is 0 Å². The Labute approximate surface area is 141 Å². The molecule has 0 radical (unpaired) electrons. The van der Waals surface area contributed by atoms with E-state index in [9.17, 15) is 9.59 Å². The fourth-order valence-corrected chi connectivity index (χ4v) is 2.50. The van der Waals surface area contributed by atoms with Crippen molar-refractivity contribution in [3.8, 4) is 5.69 Å². The largest absolute Gasteiger partial charge is 0.481 e. The van der Waals surface area contributed by atoms with Gasteiger partial charge in [-0.2, -0.15) is 5.10 Å². The average Bonchev–Trinajstić information content (AvgIpc) is 2.89. The van der Waals surface area contributed by atoms with Crippen molar-refractivity contribution < 1.29 is 14.7 Å². The zero-order valence-corrected chi connectivity index (χ0v) is 14.4. The summed E-state index contributed by atoms with van der Waals surface area (Å²) < 4.78 is 1.69. The minimum absolute atomic E-state index is 0.0259. The van der Waals surface area contributed by atoms with Gasteiger partial charge in [0.2, 0.25) is 0 Å². The molecule has 1 aromatic heterocycles. The molecule has 2 rings (SSSR count). The Morgan fingerprint density at radius 1 is 1.29 bits per heavy atom. The zero-order chi connectivity index (χ0) is 17.9. The number of carboxylic acids is 1. The van der Waals surface area contributed by atoms with E-state index in [1.807, 2.05) is 51.1 Å². The molecule has 0 saturated heterocycles. The number of carbonyl (C=O) groups is 2. The molecule has 1 amide bonds. The lowest BCUT2D eigenvalue weighted by Gasteiger charge is -2.33. The Morgan fingerprint density at radius 2 is 1.92 bits per heavy atom. The van der Waals surface area contributed by atoms with Crippen LogP contribution in [-0.4, -0.2) is 32.3 Å². The van der Waals surface area contributed by atoms with E-state index in [1.165, 1.54) is 6.20 Å². The summed E-state index contributed by atoms with van der Waals surface area (Å²) in [7, 11) is 0. The quantitative estimate of drug-likeness (QED) is 0.853. The maximum Gasteiger partial charge on any atom is 0.305 e. The molecule has 128 valence electrons. The minimum Gasteiger partial charge on any atom is -0.481 e. The summed E-state index contributed by atoms with van der Waals surface area (Å²) >= 11 is 0. The maximum atomic E-state index is 12.7. The van der Waals surface area contributed by atoms with Crippen LogP contribution in [0.15, 0.2) is 36.5 Å². The first-order valence-electron chi connectivity index (χ1n) is 7.89. The minimum atomic E-state index is -0.941. The molecule has 0 aliphatic rings. The smallest absolute Gasteiger partial charge is 0.305 e. The second kappa shape index (κ2) is 6.86. The van der Waals surface area contributed by atoms with E-state index in [-0.39, 0.29) is 18.2 Å². The summed E-state index contributed by atoms with van der Waals surface area (Å²) in [6, 6.07) is 9.53. The van der Waals surface area contributed by atoms with Gasteiger partial charge in [0, 0.05) is 0 Å². The third-order valence-corrected chi connectivity index (χ3v) is 4.45. The van der Waals surface area contributed by atoms with Crippen molar-refractivity contribution in [2.45, 2.75) is 39.7 Å². The van der Waals surface area contributed by atoms with Crippen LogP contribution in [0.5, 0.6) is 0 Å². The van der Waals surface area contributed by atoms with Gasteiger partial charge in [-0.1, -0.05) is 32.0 Å². The molecular formula is C18H23N3O3. The molecule has 6 nitrogen and oxygen atoms in total. The predicted octanol–water partition coefficient (Wildman–Crippen LogP) is 2.80. The Morgan fingerprint density at radius 3 is 2.46 bits per heavy atom. The number of hydrogen-bond acceptors (Lipinski definition) is 3.